The highest BCUT2D eigenvalue weighted by molar-refractivity contribution is 6.30. The lowest BCUT2D eigenvalue weighted by Gasteiger charge is -2.11. The third-order valence-corrected chi connectivity index (χ3v) is 6.35. The number of para-hydroxylation sites is 2. The van der Waals surface area contributed by atoms with Crippen molar-refractivity contribution < 1.29 is 0 Å². The Morgan fingerprint density at radius 3 is 2.18 bits per heavy atom. The van der Waals surface area contributed by atoms with E-state index in [1.54, 1.807) is 4.57 Å². The van der Waals surface area contributed by atoms with Crippen LogP contribution in [0.5, 0.6) is 0 Å². The third kappa shape index (κ3) is 3.26. The number of rotatable bonds is 3. The molecule has 7 heteroatoms. The second-order valence-corrected chi connectivity index (χ2v) is 8.87. The van der Waals surface area contributed by atoms with Gasteiger partial charge in [-0.2, -0.15) is 0 Å². The fourth-order valence-electron chi connectivity index (χ4n) is 4.33. The van der Waals surface area contributed by atoms with Crippen LogP contribution in [0.15, 0.2) is 77.6 Å². The van der Waals surface area contributed by atoms with E-state index in [2.05, 4.69) is 0 Å². The minimum Gasteiger partial charge on any atom is -0.292 e. The number of benzene rings is 3. The number of nitrogens with zero attached hydrogens (tertiary/aromatic N) is 5. The van der Waals surface area contributed by atoms with Gasteiger partial charge in [0.1, 0.15) is 16.7 Å². The second kappa shape index (κ2) is 7.78. The molecule has 0 atom stereocenters. The van der Waals surface area contributed by atoms with Gasteiger partial charge in [0.15, 0.2) is 11.3 Å². The van der Waals surface area contributed by atoms with Gasteiger partial charge in [-0.3, -0.25) is 13.9 Å². The van der Waals surface area contributed by atoms with Crippen molar-refractivity contribution in [1.82, 2.24) is 24.1 Å². The molecule has 166 valence electrons. The van der Waals surface area contributed by atoms with Gasteiger partial charge in [0, 0.05) is 10.7 Å². The first-order chi connectivity index (χ1) is 16.5. The summed E-state index contributed by atoms with van der Waals surface area (Å²) in [5, 5.41) is 1.09. The van der Waals surface area contributed by atoms with Gasteiger partial charge in [0.05, 0.1) is 17.6 Å². The van der Waals surface area contributed by atoms with Crippen molar-refractivity contribution in [2.45, 2.75) is 20.4 Å². The Kier molecular flexibility index (Phi) is 4.71. The summed E-state index contributed by atoms with van der Waals surface area (Å²) < 4.78 is 3.60. The van der Waals surface area contributed by atoms with Gasteiger partial charge >= 0.3 is 0 Å². The summed E-state index contributed by atoms with van der Waals surface area (Å²) in [6.07, 6.45) is 0. The molecule has 3 aromatic heterocycles. The Bertz CT molecular complexity index is 1770. The van der Waals surface area contributed by atoms with Gasteiger partial charge in [0.25, 0.3) is 5.56 Å². The quantitative estimate of drug-likeness (QED) is 0.341. The molecule has 0 aliphatic rings. The SMILES string of the molecule is Cc1ccc(Cn2c(C)nc3c(c2=O)c2nc4ccccc4nc2n3-c2ccc(Cl)cc2)cc1. The molecule has 6 aromatic rings. The number of aryl methyl sites for hydroxylation is 2. The molecule has 6 rings (SSSR count). The van der Waals surface area contributed by atoms with E-state index in [4.69, 9.17) is 26.6 Å². The zero-order valence-corrected chi connectivity index (χ0v) is 19.4. The van der Waals surface area contributed by atoms with Gasteiger partial charge in [0.2, 0.25) is 0 Å². The standard InChI is InChI=1S/C27H20ClN5O/c1-16-7-9-18(10-8-16)15-32-17(2)29-25-23(27(32)34)24-26(31-22-6-4-3-5-21(22)30-24)33(25)20-13-11-19(28)12-14-20/h3-14H,15H2,1-2H3. The molecule has 0 N–H and O–H groups in total. The number of hydrogen-bond donors (Lipinski definition) is 0. The minimum absolute atomic E-state index is 0.134. The van der Waals surface area contributed by atoms with Gasteiger partial charge in [-0.25, -0.2) is 15.0 Å². The van der Waals surface area contributed by atoms with Crippen molar-refractivity contribution >= 4 is 44.8 Å². The average Bonchev–Trinajstić information content (AvgIpc) is 3.14. The van der Waals surface area contributed by atoms with Crippen LogP contribution in [-0.2, 0) is 6.54 Å². The normalized spacial score (nSPS) is 11.6. The molecule has 0 spiro atoms. The molecule has 0 unspecified atom stereocenters. The highest BCUT2D eigenvalue weighted by Crippen LogP contribution is 2.29. The number of fused-ring (bicyclic) bond motifs is 4. The Morgan fingerprint density at radius 1 is 0.794 bits per heavy atom. The van der Waals surface area contributed by atoms with Crippen LogP contribution in [0.3, 0.4) is 0 Å². The summed E-state index contributed by atoms with van der Waals surface area (Å²) in [4.78, 5) is 28.5. The molecule has 0 aliphatic heterocycles. The Hall–Kier alpha value is -4.03. The Balaban J connectivity index is 1.70. The second-order valence-electron chi connectivity index (χ2n) is 8.43. The van der Waals surface area contributed by atoms with Crippen LogP contribution in [0.2, 0.25) is 5.02 Å². The first kappa shape index (κ1) is 20.6. The topological polar surface area (TPSA) is 65.6 Å². The lowest BCUT2D eigenvalue weighted by atomic mass is 10.1. The first-order valence-corrected chi connectivity index (χ1v) is 11.4. The van der Waals surface area contributed by atoms with E-state index in [0.717, 1.165) is 22.3 Å². The molecule has 0 radical (unpaired) electrons. The van der Waals surface area contributed by atoms with Crippen molar-refractivity contribution in [2.24, 2.45) is 0 Å². The monoisotopic (exact) mass is 465 g/mol. The maximum Gasteiger partial charge on any atom is 0.265 e. The first-order valence-electron chi connectivity index (χ1n) is 11.0. The summed E-state index contributed by atoms with van der Waals surface area (Å²) in [6, 6.07) is 23.2. The lowest BCUT2D eigenvalue weighted by molar-refractivity contribution is 0.711. The molecule has 34 heavy (non-hydrogen) atoms. The number of halogens is 1. The fourth-order valence-corrected chi connectivity index (χ4v) is 4.45. The predicted octanol–water partition coefficient (Wildman–Crippen LogP) is 5.60. The maximum absolute atomic E-state index is 13.9. The van der Waals surface area contributed by atoms with Crippen LogP contribution in [0.4, 0.5) is 0 Å². The Morgan fingerprint density at radius 2 is 1.47 bits per heavy atom. The average molecular weight is 466 g/mol. The molecule has 0 fully saturated rings. The summed E-state index contributed by atoms with van der Waals surface area (Å²) in [6.45, 7) is 4.34. The molecule has 6 nitrogen and oxygen atoms in total. The molecule has 0 saturated heterocycles. The van der Waals surface area contributed by atoms with Crippen LogP contribution in [0, 0.1) is 13.8 Å². The molecule has 0 amide bonds. The number of aromatic nitrogens is 5. The van der Waals surface area contributed by atoms with E-state index in [-0.39, 0.29) is 5.56 Å². The van der Waals surface area contributed by atoms with Crippen LogP contribution in [-0.4, -0.2) is 24.1 Å². The minimum atomic E-state index is -0.134. The molecule has 0 aliphatic carbocycles. The fraction of sp³-hybridized carbons (Fsp3) is 0.111. The van der Waals surface area contributed by atoms with E-state index in [9.17, 15) is 4.79 Å². The van der Waals surface area contributed by atoms with Crippen molar-refractivity contribution in [3.05, 3.63) is 105 Å². The molecule has 0 saturated carbocycles. The van der Waals surface area contributed by atoms with Crippen molar-refractivity contribution in [3.8, 4) is 5.69 Å². The number of hydrogen-bond acceptors (Lipinski definition) is 4. The van der Waals surface area contributed by atoms with Crippen molar-refractivity contribution in [2.75, 3.05) is 0 Å². The van der Waals surface area contributed by atoms with Crippen molar-refractivity contribution in [3.63, 3.8) is 0 Å². The van der Waals surface area contributed by atoms with E-state index in [1.165, 1.54) is 5.56 Å². The van der Waals surface area contributed by atoms with E-state index in [1.807, 2.05) is 91.2 Å². The largest absolute Gasteiger partial charge is 0.292 e. The predicted molar refractivity (Wildman–Crippen MR) is 136 cm³/mol. The van der Waals surface area contributed by atoms with Gasteiger partial charge < -0.3 is 0 Å². The van der Waals surface area contributed by atoms with Gasteiger partial charge in [-0.05, 0) is 55.8 Å². The molecule has 0 bridgehead atoms. The van der Waals surface area contributed by atoms with Gasteiger partial charge in [-0.1, -0.05) is 53.6 Å². The van der Waals surface area contributed by atoms with Crippen LogP contribution in [0.1, 0.15) is 17.0 Å². The Labute approximate surface area is 200 Å². The highest BCUT2D eigenvalue weighted by Gasteiger charge is 2.22. The van der Waals surface area contributed by atoms with E-state index >= 15 is 0 Å². The molecule has 3 aromatic carbocycles. The summed E-state index contributed by atoms with van der Waals surface area (Å²) >= 11 is 6.14. The third-order valence-electron chi connectivity index (χ3n) is 6.10. The highest BCUT2D eigenvalue weighted by atomic mass is 35.5. The van der Waals surface area contributed by atoms with Crippen LogP contribution in [0.25, 0.3) is 38.9 Å². The zero-order valence-electron chi connectivity index (χ0n) is 18.7. The van der Waals surface area contributed by atoms with Gasteiger partial charge in [-0.15, -0.1) is 0 Å². The van der Waals surface area contributed by atoms with Crippen LogP contribution < -0.4 is 5.56 Å². The zero-order chi connectivity index (χ0) is 23.4. The summed E-state index contributed by atoms with van der Waals surface area (Å²) in [5.41, 5.74) is 6.05. The lowest BCUT2D eigenvalue weighted by Crippen LogP contribution is -2.24. The summed E-state index contributed by atoms with van der Waals surface area (Å²) in [5.74, 6) is 0.626. The van der Waals surface area contributed by atoms with Crippen LogP contribution >= 0.6 is 11.6 Å². The smallest absolute Gasteiger partial charge is 0.265 e. The molecular formula is C27H20ClN5O. The molecule has 3 heterocycles. The maximum atomic E-state index is 13.9. The van der Waals surface area contributed by atoms with E-state index < -0.39 is 0 Å². The van der Waals surface area contributed by atoms with Crippen molar-refractivity contribution in [1.29, 1.82) is 0 Å². The van der Waals surface area contributed by atoms with E-state index in [0.29, 0.717) is 39.6 Å². The summed E-state index contributed by atoms with van der Waals surface area (Å²) in [7, 11) is 0. The molecular weight excluding hydrogens is 446 g/mol.